The maximum Gasteiger partial charge on any atom is 0.335 e. The average molecular weight is 340 g/mol. The predicted octanol–water partition coefficient (Wildman–Crippen LogP) is 2.66. The second kappa shape index (κ2) is 6.91. The molecule has 0 fully saturated rings. The van der Waals surface area contributed by atoms with Crippen LogP contribution in [0, 0.1) is 0 Å². The topological polar surface area (TPSA) is 83.5 Å². The van der Waals surface area contributed by atoms with Gasteiger partial charge in [-0.3, -0.25) is 0 Å². The third-order valence-electron chi connectivity index (χ3n) is 2.94. The quantitative estimate of drug-likeness (QED) is 0.847. The van der Waals surface area contributed by atoms with E-state index in [2.05, 4.69) is 4.72 Å². The maximum absolute atomic E-state index is 12.0. The van der Waals surface area contributed by atoms with Gasteiger partial charge in [0.1, 0.15) is 0 Å². The van der Waals surface area contributed by atoms with Gasteiger partial charge in [0.15, 0.2) is 0 Å². The number of nitrogens with one attached hydrogen (secondary N) is 1. The van der Waals surface area contributed by atoms with Crippen LogP contribution in [0.5, 0.6) is 0 Å². The molecule has 2 rings (SSSR count). The molecule has 0 bridgehead atoms. The molecule has 0 saturated carbocycles. The minimum atomic E-state index is -3.50. The van der Waals surface area contributed by atoms with Gasteiger partial charge in [-0.05, 0) is 35.4 Å². The minimum absolute atomic E-state index is 0.1000. The zero-order chi connectivity index (χ0) is 16.2. The van der Waals surface area contributed by atoms with Crippen molar-refractivity contribution in [3.63, 3.8) is 0 Å². The Morgan fingerprint density at radius 1 is 1.09 bits per heavy atom. The molecule has 0 spiro atoms. The van der Waals surface area contributed by atoms with Crippen LogP contribution >= 0.6 is 11.6 Å². The molecule has 7 heteroatoms. The van der Waals surface area contributed by atoms with Gasteiger partial charge in [0.05, 0.1) is 11.3 Å². The molecule has 2 aromatic rings. The third-order valence-corrected chi connectivity index (χ3v) is 4.48. The molecule has 2 aromatic carbocycles. The Morgan fingerprint density at radius 3 is 2.36 bits per heavy atom. The molecule has 0 amide bonds. The smallest absolute Gasteiger partial charge is 0.335 e. The summed E-state index contributed by atoms with van der Waals surface area (Å²) in [5.74, 6) is -1.19. The van der Waals surface area contributed by atoms with E-state index in [1.807, 2.05) is 0 Å². The summed E-state index contributed by atoms with van der Waals surface area (Å²) in [6, 6.07) is 12.7. The largest absolute Gasteiger partial charge is 0.478 e. The number of carbonyl (C=O) groups is 1. The highest BCUT2D eigenvalue weighted by Crippen LogP contribution is 2.13. The molecule has 0 heterocycles. The number of carboxylic acid groups (broad SMARTS) is 1. The fourth-order valence-corrected chi connectivity index (χ4v) is 3.18. The minimum Gasteiger partial charge on any atom is -0.478 e. The summed E-state index contributed by atoms with van der Waals surface area (Å²) in [5, 5.41) is 9.28. The Bertz CT molecular complexity index is 772. The molecule has 5 nitrogen and oxygen atoms in total. The molecule has 0 saturated heterocycles. The highest BCUT2D eigenvalue weighted by atomic mass is 35.5. The van der Waals surface area contributed by atoms with Crippen molar-refractivity contribution in [3.8, 4) is 0 Å². The van der Waals surface area contributed by atoms with Crippen LogP contribution in [0.3, 0.4) is 0 Å². The fourth-order valence-electron chi connectivity index (χ4n) is 1.86. The zero-order valence-electron chi connectivity index (χ0n) is 11.5. The molecule has 116 valence electrons. The molecule has 0 atom stereocenters. The number of benzene rings is 2. The number of rotatable bonds is 6. The Balaban J connectivity index is 1.99. The summed E-state index contributed by atoms with van der Waals surface area (Å²) in [6.45, 7) is 0.1000. The molecule has 0 aromatic heterocycles. The molecular formula is C15H14ClNO4S. The van der Waals surface area contributed by atoms with E-state index in [9.17, 15) is 13.2 Å². The molecule has 0 aliphatic heterocycles. The first kappa shape index (κ1) is 16.5. The van der Waals surface area contributed by atoms with Crippen molar-refractivity contribution in [1.29, 1.82) is 0 Å². The Labute approximate surface area is 133 Å². The van der Waals surface area contributed by atoms with Gasteiger partial charge in [-0.15, -0.1) is 0 Å². The van der Waals surface area contributed by atoms with Crippen molar-refractivity contribution in [1.82, 2.24) is 4.72 Å². The summed E-state index contributed by atoms with van der Waals surface area (Å²) in [6.07, 6.45) is 0. The van der Waals surface area contributed by atoms with Gasteiger partial charge in [-0.2, -0.15) is 0 Å². The molecular weight excluding hydrogens is 326 g/mol. The molecule has 0 unspecified atom stereocenters. The standard InChI is InChI=1S/C15H14ClNO4S/c16-14-3-1-2-12(8-14)10-22(20,21)17-9-11-4-6-13(7-5-11)15(18)19/h1-8,17H,9-10H2,(H,18,19). The lowest BCUT2D eigenvalue weighted by Crippen LogP contribution is -2.24. The lowest BCUT2D eigenvalue weighted by Gasteiger charge is -2.07. The van der Waals surface area contributed by atoms with Crippen molar-refractivity contribution in [3.05, 3.63) is 70.2 Å². The van der Waals surface area contributed by atoms with Crippen molar-refractivity contribution in [2.75, 3.05) is 0 Å². The van der Waals surface area contributed by atoms with Crippen LogP contribution in [0.2, 0.25) is 5.02 Å². The summed E-state index contributed by atoms with van der Waals surface area (Å²) < 4.78 is 26.5. The van der Waals surface area contributed by atoms with Gasteiger partial charge >= 0.3 is 5.97 Å². The summed E-state index contributed by atoms with van der Waals surface area (Å²) in [4.78, 5) is 10.7. The second-order valence-electron chi connectivity index (χ2n) is 4.71. The summed E-state index contributed by atoms with van der Waals surface area (Å²) in [5.41, 5.74) is 1.44. The van der Waals surface area contributed by atoms with E-state index in [0.717, 1.165) is 0 Å². The first-order chi connectivity index (χ1) is 10.4. The SMILES string of the molecule is O=C(O)c1ccc(CNS(=O)(=O)Cc2cccc(Cl)c2)cc1. The van der Waals surface area contributed by atoms with E-state index in [1.54, 1.807) is 36.4 Å². The van der Waals surface area contributed by atoms with Crippen molar-refractivity contribution >= 4 is 27.6 Å². The van der Waals surface area contributed by atoms with E-state index in [-0.39, 0.29) is 17.9 Å². The number of aromatic carboxylic acids is 1. The number of halogens is 1. The van der Waals surface area contributed by atoms with E-state index >= 15 is 0 Å². The van der Waals surface area contributed by atoms with E-state index in [4.69, 9.17) is 16.7 Å². The molecule has 0 radical (unpaired) electrons. The van der Waals surface area contributed by atoms with Gasteiger partial charge in [0, 0.05) is 11.6 Å². The first-order valence-electron chi connectivity index (χ1n) is 6.40. The van der Waals surface area contributed by atoms with Gasteiger partial charge in [0.2, 0.25) is 10.0 Å². The lowest BCUT2D eigenvalue weighted by atomic mass is 10.1. The number of sulfonamides is 1. The van der Waals surface area contributed by atoms with Crippen LogP contribution in [0.1, 0.15) is 21.5 Å². The highest BCUT2D eigenvalue weighted by Gasteiger charge is 2.12. The van der Waals surface area contributed by atoms with E-state index in [0.29, 0.717) is 16.1 Å². The predicted molar refractivity (Wildman–Crippen MR) is 84.3 cm³/mol. The van der Waals surface area contributed by atoms with E-state index < -0.39 is 16.0 Å². The van der Waals surface area contributed by atoms with Gasteiger partial charge in [-0.25, -0.2) is 17.9 Å². The van der Waals surface area contributed by atoms with Crippen LogP contribution in [0.15, 0.2) is 48.5 Å². The number of carboxylic acids is 1. The number of hydrogen-bond donors (Lipinski definition) is 2. The average Bonchev–Trinajstić information content (AvgIpc) is 2.45. The van der Waals surface area contributed by atoms with Crippen molar-refractivity contribution in [2.45, 2.75) is 12.3 Å². The Hall–Kier alpha value is -1.89. The normalized spacial score (nSPS) is 11.3. The Morgan fingerprint density at radius 2 is 1.77 bits per heavy atom. The zero-order valence-corrected chi connectivity index (χ0v) is 13.1. The second-order valence-corrected chi connectivity index (χ2v) is 6.96. The van der Waals surface area contributed by atoms with Crippen molar-refractivity contribution < 1.29 is 18.3 Å². The van der Waals surface area contributed by atoms with Crippen LogP contribution in [-0.2, 0) is 22.3 Å². The monoisotopic (exact) mass is 339 g/mol. The van der Waals surface area contributed by atoms with Crippen LogP contribution in [-0.4, -0.2) is 19.5 Å². The summed E-state index contributed by atoms with van der Waals surface area (Å²) >= 11 is 5.82. The number of hydrogen-bond acceptors (Lipinski definition) is 3. The highest BCUT2D eigenvalue weighted by molar-refractivity contribution is 7.88. The van der Waals surface area contributed by atoms with Gasteiger partial charge in [0.25, 0.3) is 0 Å². The van der Waals surface area contributed by atoms with Crippen LogP contribution in [0.4, 0.5) is 0 Å². The van der Waals surface area contributed by atoms with Crippen LogP contribution in [0.25, 0.3) is 0 Å². The fraction of sp³-hybridized carbons (Fsp3) is 0.133. The maximum atomic E-state index is 12.0. The van der Waals surface area contributed by atoms with E-state index in [1.165, 1.54) is 12.1 Å². The molecule has 22 heavy (non-hydrogen) atoms. The molecule has 2 N–H and O–H groups in total. The molecule has 0 aliphatic carbocycles. The van der Waals surface area contributed by atoms with Gasteiger partial charge in [-0.1, -0.05) is 35.9 Å². The Kier molecular flexibility index (Phi) is 5.18. The first-order valence-corrected chi connectivity index (χ1v) is 8.43. The van der Waals surface area contributed by atoms with Crippen LogP contribution < -0.4 is 4.72 Å². The molecule has 0 aliphatic rings. The third kappa shape index (κ3) is 4.84. The van der Waals surface area contributed by atoms with Gasteiger partial charge < -0.3 is 5.11 Å². The van der Waals surface area contributed by atoms with Crippen molar-refractivity contribution in [2.24, 2.45) is 0 Å². The summed E-state index contributed by atoms with van der Waals surface area (Å²) in [7, 11) is -3.50. The lowest BCUT2D eigenvalue weighted by molar-refractivity contribution is 0.0697.